The molecule has 2 rings (SSSR count). The average molecular weight is 268 g/mol. The molecule has 2 aromatic rings. The summed E-state index contributed by atoms with van der Waals surface area (Å²) in [4.78, 5) is 4.50. The molecule has 3 nitrogen and oxygen atoms in total. The van der Waals surface area contributed by atoms with Crippen molar-refractivity contribution in [2.24, 2.45) is 0 Å². The van der Waals surface area contributed by atoms with Gasteiger partial charge in [0.2, 0.25) is 0 Å². The molecular formula is C11H14BrN3. The van der Waals surface area contributed by atoms with Crippen LogP contribution in [0.4, 0.5) is 0 Å². The quantitative estimate of drug-likeness (QED) is 0.665. The molecule has 0 saturated carbocycles. The van der Waals surface area contributed by atoms with Crippen molar-refractivity contribution in [3.8, 4) is 0 Å². The van der Waals surface area contributed by atoms with Gasteiger partial charge in [-0.15, -0.1) is 0 Å². The van der Waals surface area contributed by atoms with Gasteiger partial charge in [-0.3, -0.25) is 0 Å². The fourth-order valence-corrected chi connectivity index (χ4v) is 1.76. The minimum absolute atomic E-state index is 0.842. The third-order valence-corrected chi connectivity index (χ3v) is 2.77. The Balaban J connectivity index is 1.97. The average Bonchev–Trinajstić information content (AvgIpc) is 2.67. The van der Waals surface area contributed by atoms with Crippen LogP contribution in [-0.4, -0.2) is 21.3 Å². The van der Waals surface area contributed by atoms with Crippen LogP contribution >= 0.6 is 15.9 Å². The van der Waals surface area contributed by atoms with Crippen LogP contribution in [0.25, 0.3) is 5.65 Å². The lowest BCUT2D eigenvalue weighted by Gasteiger charge is -1.98. The lowest BCUT2D eigenvalue weighted by molar-refractivity contribution is 0.671. The van der Waals surface area contributed by atoms with Gasteiger partial charge < -0.3 is 9.72 Å². The molecule has 1 N–H and O–H groups in total. The van der Waals surface area contributed by atoms with Gasteiger partial charge in [0, 0.05) is 24.3 Å². The standard InChI is InChI=1S/C11H14BrN3/c12-5-3-6-13-8-10-9-15-7-2-1-4-11(15)14-10/h1-2,4,7,9,13H,3,5-6,8H2. The van der Waals surface area contributed by atoms with E-state index in [1.165, 1.54) is 0 Å². The van der Waals surface area contributed by atoms with Gasteiger partial charge in [-0.25, -0.2) is 4.98 Å². The molecule has 80 valence electrons. The van der Waals surface area contributed by atoms with Gasteiger partial charge in [0.15, 0.2) is 0 Å². The van der Waals surface area contributed by atoms with Crippen LogP contribution in [0.5, 0.6) is 0 Å². The van der Waals surface area contributed by atoms with Crippen molar-refractivity contribution in [1.82, 2.24) is 14.7 Å². The van der Waals surface area contributed by atoms with E-state index in [2.05, 4.69) is 32.4 Å². The second-order valence-electron chi connectivity index (χ2n) is 3.42. The number of imidazole rings is 1. The van der Waals surface area contributed by atoms with E-state index in [-0.39, 0.29) is 0 Å². The number of hydrogen-bond donors (Lipinski definition) is 1. The van der Waals surface area contributed by atoms with E-state index in [0.29, 0.717) is 0 Å². The first kappa shape index (κ1) is 10.6. The number of nitrogens with one attached hydrogen (secondary N) is 1. The molecule has 0 unspecified atom stereocenters. The Bertz CT molecular complexity index is 391. The Kier molecular flexibility index (Phi) is 3.75. The highest BCUT2D eigenvalue weighted by molar-refractivity contribution is 9.09. The van der Waals surface area contributed by atoms with E-state index >= 15 is 0 Å². The van der Waals surface area contributed by atoms with Crippen molar-refractivity contribution in [1.29, 1.82) is 0 Å². The highest BCUT2D eigenvalue weighted by atomic mass is 79.9. The molecule has 0 spiro atoms. The summed E-state index contributed by atoms with van der Waals surface area (Å²) in [5.74, 6) is 0. The molecule has 0 fully saturated rings. The van der Waals surface area contributed by atoms with Crippen LogP contribution in [0.3, 0.4) is 0 Å². The molecule has 4 heteroatoms. The molecule has 2 aromatic heterocycles. The Hall–Kier alpha value is -0.870. The van der Waals surface area contributed by atoms with Gasteiger partial charge in [-0.05, 0) is 25.1 Å². The number of rotatable bonds is 5. The zero-order valence-corrected chi connectivity index (χ0v) is 10.1. The topological polar surface area (TPSA) is 29.3 Å². The number of halogens is 1. The summed E-state index contributed by atoms with van der Waals surface area (Å²) in [6.07, 6.45) is 5.23. The van der Waals surface area contributed by atoms with Gasteiger partial charge in [0.1, 0.15) is 5.65 Å². The Labute approximate surface area is 97.6 Å². The molecule has 15 heavy (non-hydrogen) atoms. The number of aromatic nitrogens is 2. The minimum Gasteiger partial charge on any atom is -0.311 e. The summed E-state index contributed by atoms with van der Waals surface area (Å²) in [6, 6.07) is 6.03. The van der Waals surface area contributed by atoms with Gasteiger partial charge in [-0.2, -0.15) is 0 Å². The Morgan fingerprint density at radius 1 is 1.40 bits per heavy atom. The van der Waals surface area contributed by atoms with E-state index < -0.39 is 0 Å². The first-order valence-corrected chi connectivity index (χ1v) is 6.21. The largest absolute Gasteiger partial charge is 0.311 e. The van der Waals surface area contributed by atoms with Crippen LogP contribution in [0.1, 0.15) is 12.1 Å². The maximum Gasteiger partial charge on any atom is 0.137 e. The van der Waals surface area contributed by atoms with Crippen LogP contribution < -0.4 is 5.32 Å². The van der Waals surface area contributed by atoms with E-state index in [1.54, 1.807) is 0 Å². The van der Waals surface area contributed by atoms with Crippen LogP contribution in [-0.2, 0) is 6.54 Å². The fourth-order valence-electron chi connectivity index (χ4n) is 1.48. The van der Waals surface area contributed by atoms with Gasteiger partial charge in [0.25, 0.3) is 0 Å². The molecule has 0 bridgehead atoms. The first-order chi connectivity index (χ1) is 7.40. The van der Waals surface area contributed by atoms with Crippen molar-refractivity contribution in [2.75, 3.05) is 11.9 Å². The SMILES string of the molecule is BrCCCNCc1cn2ccccc2n1. The Morgan fingerprint density at radius 3 is 3.13 bits per heavy atom. The van der Waals surface area contributed by atoms with Crippen LogP contribution in [0.2, 0.25) is 0 Å². The number of fused-ring (bicyclic) bond motifs is 1. The minimum atomic E-state index is 0.842. The third kappa shape index (κ3) is 2.79. The summed E-state index contributed by atoms with van der Waals surface area (Å²) in [6.45, 7) is 1.87. The number of nitrogens with zero attached hydrogens (tertiary/aromatic N) is 2. The lowest BCUT2D eigenvalue weighted by Crippen LogP contribution is -2.15. The molecule has 0 aliphatic carbocycles. The maximum atomic E-state index is 4.50. The zero-order chi connectivity index (χ0) is 10.5. The smallest absolute Gasteiger partial charge is 0.137 e. The van der Waals surface area contributed by atoms with Gasteiger partial charge >= 0.3 is 0 Å². The summed E-state index contributed by atoms with van der Waals surface area (Å²) in [5.41, 5.74) is 2.10. The summed E-state index contributed by atoms with van der Waals surface area (Å²) in [5, 5.41) is 4.40. The van der Waals surface area contributed by atoms with E-state index in [4.69, 9.17) is 0 Å². The monoisotopic (exact) mass is 267 g/mol. The lowest BCUT2D eigenvalue weighted by atomic mass is 10.4. The van der Waals surface area contributed by atoms with Crippen molar-refractivity contribution >= 4 is 21.6 Å². The molecule has 0 aromatic carbocycles. The van der Waals surface area contributed by atoms with Crippen molar-refractivity contribution in [2.45, 2.75) is 13.0 Å². The van der Waals surface area contributed by atoms with Crippen molar-refractivity contribution in [3.05, 3.63) is 36.3 Å². The number of alkyl halides is 1. The molecule has 0 saturated heterocycles. The fraction of sp³-hybridized carbons (Fsp3) is 0.364. The third-order valence-electron chi connectivity index (χ3n) is 2.21. The Morgan fingerprint density at radius 2 is 2.33 bits per heavy atom. The van der Waals surface area contributed by atoms with Crippen molar-refractivity contribution < 1.29 is 0 Å². The van der Waals surface area contributed by atoms with E-state index in [1.807, 2.05) is 28.8 Å². The summed E-state index contributed by atoms with van der Waals surface area (Å²) in [7, 11) is 0. The predicted molar refractivity (Wildman–Crippen MR) is 65.3 cm³/mol. The molecule has 0 atom stereocenters. The van der Waals surface area contributed by atoms with Crippen LogP contribution in [0.15, 0.2) is 30.6 Å². The normalized spacial score (nSPS) is 11.0. The highest BCUT2D eigenvalue weighted by Crippen LogP contribution is 2.03. The molecule has 2 heterocycles. The van der Waals surface area contributed by atoms with Crippen LogP contribution in [0, 0.1) is 0 Å². The maximum absolute atomic E-state index is 4.50. The predicted octanol–water partition coefficient (Wildman–Crippen LogP) is 2.21. The van der Waals surface area contributed by atoms with E-state index in [9.17, 15) is 0 Å². The molecule has 0 radical (unpaired) electrons. The van der Waals surface area contributed by atoms with Gasteiger partial charge in [-0.1, -0.05) is 22.0 Å². The number of pyridine rings is 1. The summed E-state index contributed by atoms with van der Waals surface area (Å²) >= 11 is 3.40. The molecule has 0 aliphatic heterocycles. The van der Waals surface area contributed by atoms with E-state index in [0.717, 1.165) is 36.2 Å². The van der Waals surface area contributed by atoms with Crippen molar-refractivity contribution in [3.63, 3.8) is 0 Å². The second kappa shape index (κ2) is 5.28. The first-order valence-electron chi connectivity index (χ1n) is 5.09. The molecular weight excluding hydrogens is 254 g/mol. The summed E-state index contributed by atoms with van der Waals surface area (Å²) < 4.78 is 2.04. The molecule has 0 aliphatic rings. The van der Waals surface area contributed by atoms with Gasteiger partial charge in [0.05, 0.1) is 5.69 Å². The second-order valence-corrected chi connectivity index (χ2v) is 4.21. The zero-order valence-electron chi connectivity index (χ0n) is 8.49. The number of hydrogen-bond acceptors (Lipinski definition) is 2. The highest BCUT2D eigenvalue weighted by Gasteiger charge is 1.99. The molecule has 0 amide bonds.